The van der Waals surface area contributed by atoms with Gasteiger partial charge in [-0.05, 0) is 32.5 Å². The molecule has 1 heterocycles. The lowest BCUT2D eigenvalue weighted by Crippen LogP contribution is -2.25. The highest BCUT2D eigenvalue weighted by Gasteiger charge is 2.26. The predicted molar refractivity (Wildman–Crippen MR) is 67.1 cm³/mol. The number of hydrogen-bond donors (Lipinski definition) is 1. The van der Waals surface area contributed by atoms with Crippen LogP contribution in [0.5, 0.6) is 5.75 Å². The van der Waals surface area contributed by atoms with Crippen LogP contribution in [-0.2, 0) is 0 Å². The summed E-state index contributed by atoms with van der Waals surface area (Å²) in [5.41, 5.74) is 1.09. The van der Waals surface area contributed by atoms with Crippen LogP contribution in [0.2, 0.25) is 0 Å². The molecule has 1 aromatic rings. The SMILES string of the molecule is COc1ccccc1NC1CC(C)N(C)C1. The minimum Gasteiger partial charge on any atom is -0.495 e. The van der Waals surface area contributed by atoms with Gasteiger partial charge in [0.25, 0.3) is 0 Å². The van der Waals surface area contributed by atoms with Gasteiger partial charge in [-0.1, -0.05) is 12.1 Å². The van der Waals surface area contributed by atoms with Crippen molar-refractivity contribution in [2.75, 3.05) is 26.0 Å². The Morgan fingerprint density at radius 2 is 2.12 bits per heavy atom. The van der Waals surface area contributed by atoms with E-state index in [1.54, 1.807) is 7.11 Å². The average molecular weight is 220 g/mol. The van der Waals surface area contributed by atoms with Crippen molar-refractivity contribution < 1.29 is 4.74 Å². The first-order valence-electron chi connectivity index (χ1n) is 5.80. The van der Waals surface area contributed by atoms with E-state index in [-0.39, 0.29) is 0 Å². The maximum Gasteiger partial charge on any atom is 0.141 e. The lowest BCUT2D eigenvalue weighted by Gasteiger charge is -2.16. The molecule has 0 saturated carbocycles. The fourth-order valence-corrected chi connectivity index (χ4v) is 2.28. The van der Waals surface area contributed by atoms with E-state index in [0.29, 0.717) is 12.1 Å². The van der Waals surface area contributed by atoms with Crippen molar-refractivity contribution in [2.45, 2.75) is 25.4 Å². The molecule has 3 nitrogen and oxygen atoms in total. The third-order valence-corrected chi connectivity index (χ3v) is 3.35. The van der Waals surface area contributed by atoms with Crippen molar-refractivity contribution in [3.63, 3.8) is 0 Å². The molecule has 1 fully saturated rings. The molecule has 0 spiro atoms. The van der Waals surface area contributed by atoms with E-state index >= 15 is 0 Å². The molecule has 1 saturated heterocycles. The maximum atomic E-state index is 5.33. The third-order valence-electron chi connectivity index (χ3n) is 3.35. The van der Waals surface area contributed by atoms with Crippen LogP contribution in [0.15, 0.2) is 24.3 Å². The zero-order valence-electron chi connectivity index (χ0n) is 10.2. The molecule has 0 aliphatic carbocycles. The molecule has 0 radical (unpaired) electrons. The number of hydrogen-bond acceptors (Lipinski definition) is 3. The van der Waals surface area contributed by atoms with Crippen molar-refractivity contribution in [1.29, 1.82) is 0 Å². The summed E-state index contributed by atoms with van der Waals surface area (Å²) in [6, 6.07) is 9.27. The highest BCUT2D eigenvalue weighted by Crippen LogP contribution is 2.26. The van der Waals surface area contributed by atoms with E-state index in [1.807, 2.05) is 18.2 Å². The van der Waals surface area contributed by atoms with Crippen molar-refractivity contribution in [3.05, 3.63) is 24.3 Å². The van der Waals surface area contributed by atoms with Crippen LogP contribution >= 0.6 is 0 Å². The number of para-hydroxylation sites is 2. The van der Waals surface area contributed by atoms with Crippen LogP contribution in [0.3, 0.4) is 0 Å². The summed E-state index contributed by atoms with van der Waals surface area (Å²) in [4.78, 5) is 2.38. The molecule has 0 aromatic heterocycles. The maximum absolute atomic E-state index is 5.33. The summed E-state index contributed by atoms with van der Waals surface area (Å²) < 4.78 is 5.33. The number of ether oxygens (including phenoxy) is 1. The van der Waals surface area contributed by atoms with Gasteiger partial charge >= 0.3 is 0 Å². The Morgan fingerprint density at radius 3 is 2.75 bits per heavy atom. The Bertz CT molecular complexity index is 344. The third kappa shape index (κ3) is 2.30. The zero-order valence-corrected chi connectivity index (χ0v) is 10.2. The Morgan fingerprint density at radius 1 is 1.38 bits per heavy atom. The smallest absolute Gasteiger partial charge is 0.141 e. The van der Waals surface area contributed by atoms with Gasteiger partial charge in [-0.15, -0.1) is 0 Å². The number of rotatable bonds is 3. The Hall–Kier alpha value is -1.22. The predicted octanol–water partition coefficient (Wildman–Crippen LogP) is 2.20. The minimum absolute atomic E-state index is 0.524. The first kappa shape index (κ1) is 11.3. The summed E-state index contributed by atoms with van der Waals surface area (Å²) in [5, 5.41) is 3.55. The van der Waals surface area contributed by atoms with Crippen molar-refractivity contribution in [1.82, 2.24) is 4.90 Å². The van der Waals surface area contributed by atoms with E-state index in [2.05, 4.69) is 30.3 Å². The number of likely N-dealkylation sites (tertiary alicyclic amines) is 1. The number of methoxy groups -OCH3 is 1. The summed E-state index contributed by atoms with van der Waals surface area (Å²) >= 11 is 0. The van der Waals surface area contributed by atoms with E-state index in [4.69, 9.17) is 4.74 Å². The lowest BCUT2D eigenvalue weighted by atomic mass is 10.2. The highest BCUT2D eigenvalue weighted by molar-refractivity contribution is 5.56. The molecule has 1 aromatic carbocycles. The molecule has 2 atom stereocenters. The Labute approximate surface area is 97.4 Å². The fraction of sp³-hybridized carbons (Fsp3) is 0.538. The van der Waals surface area contributed by atoms with Gasteiger partial charge in [0.1, 0.15) is 5.75 Å². The van der Waals surface area contributed by atoms with E-state index < -0.39 is 0 Å². The zero-order chi connectivity index (χ0) is 11.5. The molecule has 88 valence electrons. The van der Waals surface area contributed by atoms with Crippen LogP contribution in [0.1, 0.15) is 13.3 Å². The molecule has 1 aliphatic rings. The normalized spacial score (nSPS) is 25.7. The number of nitrogens with one attached hydrogen (secondary N) is 1. The molecule has 1 N–H and O–H groups in total. The number of anilines is 1. The van der Waals surface area contributed by atoms with Crippen molar-refractivity contribution in [3.8, 4) is 5.75 Å². The van der Waals surface area contributed by atoms with Crippen LogP contribution in [0.25, 0.3) is 0 Å². The number of benzene rings is 1. The van der Waals surface area contributed by atoms with Crippen LogP contribution < -0.4 is 10.1 Å². The van der Waals surface area contributed by atoms with Gasteiger partial charge in [0.05, 0.1) is 12.8 Å². The molecular formula is C13H20N2O. The molecule has 2 unspecified atom stereocenters. The van der Waals surface area contributed by atoms with Gasteiger partial charge in [-0.3, -0.25) is 0 Å². The monoisotopic (exact) mass is 220 g/mol. The second kappa shape index (κ2) is 4.74. The first-order chi connectivity index (χ1) is 7.70. The van der Waals surface area contributed by atoms with Gasteiger partial charge in [0.2, 0.25) is 0 Å². The largest absolute Gasteiger partial charge is 0.495 e. The van der Waals surface area contributed by atoms with Crippen LogP contribution in [0, 0.1) is 0 Å². The van der Waals surface area contributed by atoms with E-state index in [1.165, 1.54) is 6.42 Å². The van der Waals surface area contributed by atoms with Crippen LogP contribution in [-0.4, -0.2) is 37.7 Å². The molecule has 3 heteroatoms. The van der Waals surface area contributed by atoms with Crippen LogP contribution in [0.4, 0.5) is 5.69 Å². The molecule has 16 heavy (non-hydrogen) atoms. The Balaban J connectivity index is 2.04. The number of likely N-dealkylation sites (N-methyl/N-ethyl adjacent to an activating group) is 1. The van der Waals surface area contributed by atoms with Gasteiger partial charge in [0.15, 0.2) is 0 Å². The topological polar surface area (TPSA) is 24.5 Å². The summed E-state index contributed by atoms with van der Waals surface area (Å²) in [7, 11) is 3.89. The quantitative estimate of drug-likeness (QED) is 0.845. The van der Waals surface area contributed by atoms with Gasteiger partial charge in [-0.2, -0.15) is 0 Å². The first-order valence-corrected chi connectivity index (χ1v) is 5.80. The molecule has 0 bridgehead atoms. The van der Waals surface area contributed by atoms with Gasteiger partial charge in [-0.25, -0.2) is 0 Å². The van der Waals surface area contributed by atoms with E-state index in [9.17, 15) is 0 Å². The molecule has 0 amide bonds. The van der Waals surface area contributed by atoms with Gasteiger partial charge < -0.3 is 15.0 Å². The van der Waals surface area contributed by atoms with Crippen molar-refractivity contribution in [2.24, 2.45) is 0 Å². The van der Waals surface area contributed by atoms with Gasteiger partial charge in [0, 0.05) is 18.6 Å². The van der Waals surface area contributed by atoms with Crippen molar-refractivity contribution >= 4 is 5.69 Å². The highest BCUT2D eigenvalue weighted by atomic mass is 16.5. The standard InChI is InChI=1S/C13H20N2O/c1-10-8-11(9-15(10)2)14-12-6-4-5-7-13(12)16-3/h4-7,10-11,14H,8-9H2,1-3H3. The molecule has 2 rings (SSSR count). The Kier molecular flexibility index (Phi) is 3.34. The summed E-state index contributed by atoms with van der Waals surface area (Å²) in [6.07, 6.45) is 1.19. The molecule has 1 aliphatic heterocycles. The van der Waals surface area contributed by atoms with E-state index in [0.717, 1.165) is 18.0 Å². The second-order valence-corrected chi connectivity index (χ2v) is 4.57. The second-order valence-electron chi connectivity index (χ2n) is 4.57. The average Bonchev–Trinajstić information content (AvgIpc) is 2.59. The number of nitrogens with zero attached hydrogens (tertiary/aromatic N) is 1. The summed E-state index contributed by atoms with van der Waals surface area (Å²) in [6.45, 7) is 3.36. The molecular weight excluding hydrogens is 200 g/mol. The minimum atomic E-state index is 0.524. The lowest BCUT2D eigenvalue weighted by molar-refractivity contribution is 0.330. The fourth-order valence-electron chi connectivity index (χ4n) is 2.28. The summed E-state index contributed by atoms with van der Waals surface area (Å²) in [5.74, 6) is 0.921.